The van der Waals surface area contributed by atoms with Gasteiger partial charge in [0.25, 0.3) is 0 Å². The maximum atomic E-state index is 11.2. The Morgan fingerprint density at radius 1 is 1.14 bits per heavy atom. The van der Waals surface area contributed by atoms with Crippen LogP contribution in [0.5, 0.6) is 0 Å². The number of fused-ring (bicyclic) bond motifs is 2. The number of nitrogens with one attached hydrogen (secondary N) is 1. The lowest BCUT2D eigenvalue weighted by Gasteiger charge is -2.14. The first-order valence-electron chi connectivity index (χ1n) is 8.58. The van der Waals surface area contributed by atoms with Crippen LogP contribution in [0.3, 0.4) is 0 Å². The second kappa shape index (κ2) is 9.99. The number of carbonyl (C=O) groups is 1. The fourth-order valence-corrected chi connectivity index (χ4v) is 3.25. The van der Waals surface area contributed by atoms with Crippen molar-refractivity contribution in [2.24, 2.45) is 7.05 Å². The largest absolute Gasteiger partial charge is 0.480 e. The van der Waals surface area contributed by atoms with E-state index in [0.29, 0.717) is 6.54 Å². The number of aryl methyl sites for hydroxylation is 1. The zero-order valence-electron chi connectivity index (χ0n) is 15.9. The summed E-state index contributed by atoms with van der Waals surface area (Å²) in [5.41, 5.74) is 3.36. The monoisotopic (exact) mass is 439 g/mol. The van der Waals surface area contributed by atoms with Crippen LogP contribution in [0.25, 0.3) is 21.8 Å². The van der Waals surface area contributed by atoms with Gasteiger partial charge in [0.15, 0.2) is 0 Å². The molecule has 1 atom stereocenters. The van der Waals surface area contributed by atoms with Gasteiger partial charge in [0.1, 0.15) is 13.1 Å². The van der Waals surface area contributed by atoms with Gasteiger partial charge in [-0.05, 0) is 17.7 Å². The predicted octanol–water partition coefficient (Wildman–Crippen LogP) is 1.73. The molecule has 0 aliphatic rings. The van der Waals surface area contributed by atoms with Crippen LogP contribution in [0.2, 0.25) is 0 Å². The highest BCUT2D eigenvalue weighted by Crippen LogP contribution is 2.24. The molecule has 2 aromatic carbocycles. The molecule has 1 heterocycles. The number of carboxylic acid groups (broad SMARTS) is 1. The van der Waals surface area contributed by atoms with E-state index in [0.717, 1.165) is 34.5 Å². The molecule has 156 valence electrons. The van der Waals surface area contributed by atoms with Crippen molar-refractivity contribution in [3.8, 4) is 0 Å². The molecular formula is C19H23N2O6S2+. The third-order valence-electron chi connectivity index (χ3n) is 4.40. The maximum absolute atomic E-state index is 11.2. The zero-order valence-corrected chi connectivity index (χ0v) is 17.7. The SMILES string of the molecule is COS(=O)(=O)O.C[n+]1c2ccccc2c(CNC(CS)C(=O)O)c2ccccc21. The van der Waals surface area contributed by atoms with Gasteiger partial charge in [0.2, 0.25) is 11.0 Å². The van der Waals surface area contributed by atoms with Crippen molar-refractivity contribution in [3.63, 3.8) is 0 Å². The number of benzene rings is 2. The van der Waals surface area contributed by atoms with Gasteiger partial charge >= 0.3 is 16.4 Å². The zero-order chi connectivity index (χ0) is 21.6. The van der Waals surface area contributed by atoms with Gasteiger partial charge in [-0.2, -0.15) is 25.6 Å². The average molecular weight is 440 g/mol. The number of para-hydroxylation sites is 2. The second-order valence-electron chi connectivity index (χ2n) is 6.12. The molecule has 8 nitrogen and oxygen atoms in total. The molecule has 0 spiro atoms. The van der Waals surface area contributed by atoms with Crippen LogP contribution in [0, 0.1) is 0 Å². The van der Waals surface area contributed by atoms with Gasteiger partial charge in [-0.1, -0.05) is 24.3 Å². The Hall–Kier alpha value is -2.24. The van der Waals surface area contributed by atoms with E-state index in [2.05, 4.69) is 58.0 Å². The Bertz CT molecular complexity index is 1060. The summed E-state index contributed by atoms with van der Waals surface area (Å²) in [5.74, 6) is -0.624. The van der Waals surface area contributed by atoms with Crippen molar-refractivity contribution in [1.82, 2.24) is 5.32 Å². The van der Waals surface area contributed by atoms with E-state index in [-0.39, 0.29) is 5.75 Å². The Balaban J connectivity index is 0.000000438. The third kappa shape index (κ3) is 5.87. The molecule has 0 amide bonds. The Morgan fingerprint density at radius 2 is 1.59 bits per heavy atom. The summed E-state index contributed by atoms with van der Waals surface area (Å²) in [6, 6.07) is 15.7. The van der Waals surface area contributed by atoms with Gasteiger partial charge in [-0.3, -0.25) is 18.8 Å². The molecule has 10 heteroatoms. The molecule has 0 saturated carbocycles. The van der Waals surface area contributed by atoms with Crippen LogP contribution in [-0.4, -0.2) is 43.0 Å². The van der Waals surface area contributed by atoms with Crippen LogP contribution in [0.1, 0.15) is 5.56 Å². The molecule has 0 radical (unpaired) electrons. The summed E-state index contributed by atoms with van der Waals surface area (Å²) in [4.78, 5) is 11.2. The highest BCUT2D eigenvalue weighted by atomic mass is 32.3. The van der Waals surface area contributed by atoms with Gasteiger partial charge in [-0.15, -0.1) is 0 Å². The smallest absolute Gasteiger partial charge is 0.397 e. The maximum Gasteiger partial charge on any atom is 0.397 e. The number of pyridine rings is 1. The van der Waals surface area contributed by atoms with E-state index in [1.807, 2.05) is 24.3 Å². The summed E-state index contributed by atoms with van der Waals surface area (Å²) in [7, 11) is -1.24. The number of nitrogens with zero attached hydrogens (tertiary/aromatic N) is 1. The van der Waals surface area contributed by atoms with Crippen LogP contribution in [0.4, 0.5) is 0 Å². The van der Waals surface area contributed by atoms with Crippen molar-refractivity contribution in [2.45, 2.75) is 12.6 Å². The number of rotatable bonds is 6. The van der Waals surface area contributed by atoms with Gasteiger partial charge in [-0.25, -0.2) is 0 Å². The molecule has 0 bridgehead atoms. The van der Waals surface area contributed by atoms with Gasteiger partial charge in [0.05, 0.1) is 17.9 Å². The number of hydrogen-bond donors (Lipinski definition) is 4. The van der Waals surface area contributed by atoms with Crippen molar-refractivity contribution in [3.05, 3.63) is 54.1 Å². The van der Waals surface area contributed by atoms with E-state index >= 15 is 0 Å². The first-order chi connectivity index (χ1) is 13.7. The third-order valence-corrected chi connectivity index (χ3v) is 5.18. The number of aromatic nitrogens is 1. The lowest BCUT2D eigenvalue weighted by Crippen LogP contribution is -2.38. The lowest BCUT2D eigenvalue weighted by atomic mass is 10.0. The van der Waals surface area contributed by atoms with Gasteiger partial charge < -0.3 is 5.11 Å². The summed E-state index contributed by atoms with van der Waals surface area (Å²) in [5, 5.41) is 14.6. The van der Waals surface area contributed by atoms with Crippen LogP contribution in [-0.2, 0) is 33.0 Å². The van der Waals surface area contributed by atoms with Crippen molar-refractivity contribution < 1.29 is 31.6 Å². The molecule has 29 heavy (non-hydrogen) atoms. The number of aliphatic carboxylic acids is 1. The first-order valence-corrected chi connectivity index (χ1v) is 10.6. The average Bonchev–Trinajstić information content (AvgIpc) is 2.70. The quantitative estimate of drug-likeness (QED) is 0.200. The lowest BCUT2D eigenvalue weighted by molar-refractivity contribution is -0.617. The molecule has 0 fully saturated rings. The highest BCUT2D eigenvalue weighted by molar-refractivity contribution is 7.80. The summed E-state index contributed by atoms with van der Waals surface area (Å²) in [6.45, 7) is 0.486. The van der Waals surface area contributed by atoms with E-state index in [9.17, 15) is 18.3 Å². The minimum atomic E-state index is -4.16. The Morgan fingerprint density at radius 3 is 1.97 bits per heavy atom. The van der Waals surface area contributed by atoms with E-state index in [4.69, 9.17) is 4.55 Å². The molecule has 3 N–H and O–H groups in total. The van der Waals surface area contributed by atoms with Gasteiger partial charge in [0, 0.05) is 24.4 Å². The van der Waals surface area contributed by atoms with Crippen molar-refractivity contribution in [1.29, 1.82) is 0 Å². The topological polar surface area (TPSA) is 117 Å². The predicted molar refractivity (Wildman–Crippen MR) is 113 cm³/mol. The number of thiol groups is 1. The molecule has 0 aliphatic heterocycles. The molecule has 1 aromatic heterocycles. The highest BCUT2D eigenvalue weighted by Gasteiger charge is 2.19. The molecular weight excluding hydrogens is 416 g/mol. The summed E-state index contributed by atoms with van der Waals surface area (Å²) in [6.07, 6.45) is 0. The van der Waals surface area contributed by atoms with E-state index < -0.39 is 22.4 Å². The standard InChI is InChI=1S/C18H18N2O2S.CH4O4S/c1-20-16-8-4-2-6-12(16)14(10-19-15(11-23)18(21)22)13-7-3-5-9-17(13)20;1-5-6(2,3)4/h2-9,15,19H,10-11H2,1H3,(H-,21,22,23);1H3,(H,2,3,4)/p+1. The van der Waals surface area contributed by atoms with Crippen molar-refractivity contribution in [2.75, 3.05) is 12.9 Å². The molecule has 3 rings (SSSR count). The fourth-order valence-electron chi connectivity index (χ4n) is 2.96. The minimum Gasteiger partial charge on any atom is -0.480 e. The van der Waals surface area contributed by atoms with Crippen LogP contribution < -0.4 is 9.88 Å². The molecule has 0 saturated heterocycles. The molecule has 1 unspecified atom stereocenters. The molecule has 0 aliphatic carbocycles. The van der Waals surface area contributed by atoms with E-state index in [1.54, 1.807) is 0 Å². The summed E-state index contributed by atoms with van der Waals surface area (Å²) >= 11 is 4.12. The number of carboxylic acids is 1. The normalized spacial score (nSPS) is 12.4. The minimum absolute atomic E-state index is 0.256. The van der Waals surface area contributed by atoms with Crippen LogP contribution >= 0.6 is 12.6 Å². The molecule has 3 aromatic rings. The first kappa shape index (κ1) is 23.0. The van der Waals surface area contributed by atoms with Crippen molar-refractivity contribution >= 4 is 50.8 Å². The Labute approximate surface area is 174 Å². The number of hydrogen-bond acceptors (Lipinski definition) is 6. The van der Waals surface area contributed by atoms with E-state index in [1.165, 1.54) is 0 Å². The van der Waals surface area contributed by atoms with Crippen LogP contribution in [0.15, 0.2) is 48.5 Å². The summed E-state index contributed by atoms with van der Waals surface area (Å²) < 4.78 is 31.9. The second-order valence-corrected chi connectivity index (χ2v) is 7.67. The Kier molecular flexibility index (Phi) is 7.94. The fraction of sp³-hybridized carbons (Fsp3) is 0.263.